The van der Waals surface area contributed by atoms with E-state index in [9.17, 15) is 8.78 Å². The standard InChI is InChI=1S/C13H9Cl2F2N/c14-9-2-1-8(13(17)5-9)7-18-12-4-10(15)3-11(16)6-12/h1-6,18H,7H2. The Morgan fingerprint density at radius 1 is 0.944 bits per heavy atom. The molecule has 0 saturated carbocycles. The summed E-state index contributed by atoms with van der Waals surface area (Å²) in [5.74, 6) is -0.848. The maximum absolute atomic E-state index is 13.5. The molecule has 2 aromatic rings. The van der Waals surface area contributed by atoms with Crippen LogP contribution in [0.4, 0.5) is 14.5 Å². The van der Waals surface area contributed by atoms with Crippen molar-refractivity contribution in [2.75, 3.05) is 5.32 Å². The van der Waals surface area contributed by atoms with Gasteiger partial charge in [0.25, 0.3) is 0 Å². The minimum absolute atomic E-state index is 0.225. The minimum Gasteiger partial charge on any atom is -0.381 e. The lowest BCUT2D eigenvalue weighted by Crippen LogP contribution is -2.02. The highest BCUT2D eigenvalue weighted by Crippen LogP contribution is 2.20. The fourth-order valence-electron chi connectivity index (χ4n) is 1.52. The lowest BCUT2D eigenvalue weighted by atomic mass is 10.2. The van der Waals surface area contributed by atoms with Crippen molar-refractivity contribution in [3.63, 3.8) is 0 Å². The maximum atomic E-state index is 13.5. The molecule has 18 heavy (non-hydrogen) atoms. The summed E-state index contributed by atoms with van der Waals surface area (Å²) >= 11 is 11.4. The molecule has 0 bridgehead atoms. The summed E-state index contributed by atoms with van der Waals surface area (Å²) in [6, 6.07) is 8.47. The van der Waals surface area contributed by atoms with Crippen molar-refractivity contribution in [1.82, 2.24) is 0 Å². The third kappa shape index (κ3) is 3.34. The van der Waals surface area contributed by atoms with Gasteiger partial charge in [0.15, 0.2) is 0 Å². The molecule has 0 aliphatic rings. The molecule has 1 N–H and O–H groups in total. The van der Waals surface area contributed by atoms with Gasteiger partial charge in [-0.1, -0.05) is 29.3 Å². The molecule has 0 radical (unpaired) electrons. The summed E-state index contributed by atoms with van der Waals surface area (Å²) < 4.78 is 26.6. The third-order valence-electron chi connectivity index (χ3n) is 2.36. The Hall–Kier alpha value is -1.32. The normalized spacial score (nSPS) is 10.4. The van der Waals surface area contributed by atoms with Gasteiger partial charge < -0.3 is 5.32 Å². The van der Waals surface area contributed by atoms with Crippen molar-refractivity contribution in [3.8, 4) is 0 Å². The maximum Gasteiger partial charge on any atom is 0.129 e. The van der Waals surface area contributed by atoms with Crippen molar-refractivity contribution >= 4 is 28.9 Å². The first-order chi connectivity index (χ1) is 8.54. The molecule has 0 spiro atoms. The van der Waals surface area contributed by atoms with Gasteiger partial charge in [-0.25, -0.2) is 8.78 Å². The largest absolute Gasteiger partial charge is 0.381 e. The molecule has 0 saturated heterocycles. The average Bonchev–Trinajstić information content (AvgIpc) is 2.26. The second-order valence-electron chi connectivity index (χ2n) is 3.75. The van der Waals surface area contributed by atoms with E-state index in [4.69, 9.17) is 23.2 Å². The SMILES string of the molecule is Fc1cc(Cl)cc(NCc2ccc(Cl)cc2F)c1. The predicted molar refractivity (Wildman–Crippen MR) is 70.1 cm³/mol. The van der Waals surface area contributed by atoms with Crippen molar-refractivity contribution in [2.45, 2.75) is 6.54 Å². The van der Waals surface area contributed by atoms with Gasteiger partial charge in [-0.15, -0.1) is 0 Å². The van der Waals surface area contributed by atoms with E-state index in [1.165, 1.54) is 18.2 Å². The van der Waals surface area contributed by atoms with Gasteiger partial charge in [0.05, 0.1) is 0 Å². The van der Waals surface area contributed by atoms with Gasteiger partial charge in [-0.3, -0.25) is 0 Å². The molecule has 0 aromatic heterocycles. The zero-order valence-corrected chi connectivity index (χ0v) is 10.7. The molecule has 2 aromatic carbocycles. The highest BCUT2D eigenvalue weighted by Gasteiger charge is 2.04. The lowest BCUT2D eigenvalue weighted by Gasteiger charge is -2.08. The third-order valence-corrected chi connectivity index (χ3v) is 2.81. The van der Waals surface area contributed by atoms with Crippen molar-refractivity contribution < 1.29 is 8.78 Å². The second-order valence-corrected chi connectivity index (χ2v) is 4.62. The van der Waals surface area contributed by atoms with E-state index in [-0.39, 0.29) is 11.6 Å². The van der Waals surface area contributed by atoms with Crippen LogP contribution in [0.1, 0.15) is 5.56 Å². The summed E-state index contributed by atoms with van der Waals surface area (Å²) in [6.07, 6.45) is 0. The predicted octanol–water partition coefficient (Wildman–Crippen LogP) is 4.88. The van der Waals surface area contributed by atoms with Gasteiger partial charge in [-0.2, -0.15) is 0 Å². The van der Waals surface area contributed by atoms with Crippen LogP contribution in [-0.2, 0) is 6.54 Å². The highest BCUT2D eigenvalue weighted by atomic mass is 35.5. The van der Waals surface area contributed by atoms with E-state index in [1.54, 1.807) is 18.2 Å². The van der Waals surface area contributed by atoms with Gasteiger partial charge in [0.2, 0.25) is 0 Å². The van der Waals surface area contributed by atoms with Crippen LogP contribution in [0.2, 0.25) is 10.0 Å². The molecular weight excluding hydrogens is 279 g/mol. The van der Waals surface area contributed by atoms with Crippen LogP contribution in [0.3, 0.4) is 0 Å². The Morgan fingerprint density at radius 2 is 1.72 bits per heavy atom. The van der Waals surface area contributed by atoms with Gasteiger partial charge >= 0.3 is 0 Å². The molecule has 2 rings (SSSR count). The molecule has 0 aliphatic heterocycles. The zero-order chi connectivity index (χ0) is 13.1. The fourth-order valence-corrected chi connectivity index (χ4v) is 1.90. The number of halogens is 4. The Balaban J connectivity index is 2.11. The van der Waals surface area contributed by atoms with Gasteiger partial charge in [-0.05, 0) is 30.3 Å². The number of benzene rings is 2. The van der Waals surface area contributed by atoms with Gasteiger partial charge in [0.1, 0.15) is 11.6 Å². The van der Waals surface area contributed by atoms with Crippen LogP contribution in [0.25, 0.3) is 0 Å². The van der Waals surface area contributed by atoms with Crippen LogP contribution >= 0.6 is 23.2 Å². The smallest absolute Gasteiger partial charge is 0.129 e. The van der Waals surface area contributed by atoms with Gasteiger partial charge in [0, 0.05) is 27.8 Å². The summed E-state index contributed by atoms with van der Waals surface area (Å²) in [6.45, 7) is 0.225. The average molecular weight is 288 g/mol. The Bertz CT molecular complexity index is 553. The number of anilines is 1. The summed E-state index contributed by atoms with van der Waals surface area (Å²) in [5.41, 5.74) is 0.939. The molecule has 5 heteroatoms. The molecular formula is C13H9Cl2F2N. The number of hydrogen-bond donors (Lipinski definition) is 1. The van der Waals surface area contributed by atoms with Crippen LogP contribution in [0.5, 0.6) is 0 Å². The van der Waals surface area contributed by atoms with E-state index in [0.717, 1.165) is 0 Å². The van der Waals surface area contributed by atoms with E-state index in [0.29, 0.717) is 16.3 Å². The molecule has 0 heterocycles. The topological polar surface area (TPSA) is 12.0 Å². The Labute approximate surface area is 113 Å². The zero-order valence-electron chi connectivity index (χ0n) is 9.18. The van der Waals surface area contributed by atoms with E-state index in [2.05, 4.69) is 5.32 Å². The summed E-state index contributed by atoms with van der Waals surface area (Å²) in [4.78, 5) is 0. The van der Waals surface area contributed by atoms with E-state index >= 15 is 0 Å². The Morgan fingerprint density at radius 3 is 2.39 bits per heavy atom. The van der Waals surface area contributed by atoms with Crippen LogP contribution in [0, 0.1) is 11.6 Å². The highest BCUT2D eigenvalue weighted by molar-refractivity contribution is 6.31. The minimum atomic E-state index is -0.443. The van der Waals surface area contributed by atoms with E-state index in [1.807, 2.05) is 0 Å². The first-order valence-electron chi connectivity index (χ1n) is 5.18. The van der Waals surface area contributed by atoms with Crippen LogP contribution in [0.15, 0.2) is 36.4 Å². The van der Waals surface area contributed by atoms with Crippen LogP contribution in [-0.4, -0.2) is 0 Å². The number of rotatable bonds is 3. The van der Waals surface area contributed by atoms with Crippen molar-refractivity contribution in [1.29, 1.82) is 0 Å². The summed E-state index contributed by atoms with van der Waals surface area (Å²) in [5, 5.41) is 3.52. The molecule has 0 atom stereocenters. The Kier molecular flexibility index (Phi) is 4.04. The van der Waals surface area contributed by atoms with E-state index < -0.39 is 11.6 Å². The molecule has 0 amide bonds. The molecule has 0 unspecified atom stereocenters. The quantitative estimate of drug-likeness (QED) is 0.848. The molecule has 0 fully saturated rings. The molecule has 0 aliphatic carbocycles. The lowest BCUT2D eigenvalue weighted by molar-refractivity contribution is 0.613. The number of hydrogen-bond acceptors (Lipinski definition) is 1. The first-order valence-corrected chi connectivity index (χ1v) is 5.94. The second kappa shape index (κ2) is 5.55. The number of nitrogens with one attached hydrogen (secondary N) is 1. The first kappa shape index (κ1) is 13.1. The van der Waals surface area contributed by atoms with Crippen LogP contribution < -0.4 is 5.32 Å². The van der Waals surface area contributed by atoms with Crippen molar-refractivity contribution in [3.05, 3.63) is 63.6 Å². The fraction of sp³-hybridized carbons (Fsp3) is 0.0769. The molecule has 1 nitrogen and oxygen atoms in total. The monoisotopic (exact) mass is 287 g/mol. The molecule has 94 valence electrons. The summed E-state index contributed by atoms with van der Waals surface area (Å²) in [7, 11) is 0. The van der Waals surface area contributed by atoms with Crippen molar-refractivity contribution in [2.24, 2.45) is 0 Å².